The summed E-state index contributed by atoms with van der Waals surface area (Å²) in [6.07, 6.45) is 5.82. The highest BCUT2D eigenvalue weighted by atomic mass is 32.2. The number of imide groups is 1. The molecular weight excluding hydrogens is 368 g/mol. The molecule has 2 saturated heterocycles. The maximum absolute atomic E-state index is 12.0. The Morgan fingerprint density at radius 1 is 1.22 bits per heavy atom. The monoisotopic (exact) mass is 396 g/mol. The van der Waals surface area contributed by atoms with Gasteiger partial charge in [-0.05, 0) is 39.0 Å². The van der Waals surface area contributed by atoms with Crippen molar-refractivity contribution in [3.8, 4) is 0 Å². The Bertz CT molecular complexity index is 641. The third-order valence-corrected chi connectivity index (χ3v) is 5.64. The Labute approximate surface area is 163 Å². The van der Waals surface area contributed by atoms with Crippen molar-refractivity contribution in [3.05, 3.63) is 0 Å². The Hall–Kier alpha value is -1.81. The Balaban J connectivity index is 1.66. The number of ether oxygens (including phenoxy) is 1. The number of anilines is 1. The SMILES string of the molecule is CCNC(=O)NC(=O)CSc1nnc(N2CCCCC2)n1CC1CCCO1. The molecule has 150 valence electrons. The van der Waals surface area contributed by atoms with Crippen LogP contribution in [0.5, 0.6) is 0 Å². The maximum Gasteiger partial charge on any atom is 0.321 e. The third-order valence-electron chi connectivity index (χ3n) is 4.67. The van der Waals surface area contributed by atoms with E-state index in [1.165, 1.54) is 18.2 Å². The molecule has 0 aromatic carbocycles. The van der Waals surface area contributed by atoms with E-state index in [-0.39, 0.29) is 17.8 Å². The van der Waals surface area contributed by atoms with E-state index in [0.29, 0.717) is 18.2 Å². The summed E-state index contributed by atoms with van der Waals surface area (Å²) in [6.45, 7) is 5.72. The van der Waals surface area contributed by atoms with Gasteiger partial charge in [-0.15, -0.1) is 10.2 Å². The van der Waals surface area contributed by atoms with Gasteiger partial charge in [-0.1, -0.05) is 11.8 Å². The number of amides is 3. The zero-order valence-corrected chi connectivity index (χ0v) is 16.6. The van der Waals surface area contributed by atoms with Crippen LogP contribution in [0, 0.1) is 0 Å². The zero-order valence-electron chi connectivity index (χ0n) is 15.8. The topological polar surface area (TPSA) is 101 Å². The number of thioether (sulfide) groups is 1. The number of carbonyl (C=O) groups is 2. The first-order valence-electron chi connectivity index (χ1n) is 9.67. The molecule has 0 saturated carbocycles. The number of hydrogen-bond donors (Lipinski definition) is 2. The molecule has 0 bridgehead atoms. The van der Waals surface area contributed by atoms with Gasteiger partial charge in [-0.3, -0.25) is 14.7 Å². The minimum atomic E-state index is -0.474. The molecule has 1 aromatic heterocycles. The fraction of sp³-hybridized carbons (Fsp3) is 0.765. The van der Waals surface area contributed by atoms with E-state index >= 15 is 0 Å². The summed E-state index contributed by atoms with van der Waals surface area (Å²) in [4.78, 5) is 25.7. The number of piperidine rings is 1. The lowest BCUT2D eigenvalue weighted by Gasteiger charge is -2.28. The lowest BCUT2D eigenvalue weighted by Crippen LogP contribution is -2.40. The lowest BCUT2D eigenvalue weighted by molar-refractivity contribution is -0.117. The summed E-state index contributed by atoms with van der Waals surface area (Å²) < 4.78 is 7.87. The highest BCUT2D eigenvalue weighted by Crippen LogP contribution is 2.26. The fourth-order valence-electron chi connectivity index (χ4n) is 3.36. The van der Waals surface area contributed by atoms with E-state index in [2.05, 4.69) is 30.3 Å². The normalized spacial score (nSPS) is 19.9. The van der Waals surface area contributed by atoms with Gasteiger partial charge in [-0.2, -0.15) is 0 Å². The molecule has 2 aliphatic heterocycles. The zero-order chi connectivity index (χ0) is 19.1. The number of urea groups is 1. The van der Waals surface area contributed by atoms with E-state index in [1.54, 1.807) is 6.92 Å². The average Bonchev–Trinajstić information content (AvgIpc) is 3.31. The standard InChI is InChI=1S/C17H28N6O3S/c1-2-18-15(25)19-14(24)12-27-17-21-20-16(22-8-4-3-5-9-22)23(17)11-13-7-6-10-26-13/h13H,2-12H2,1H3,(H2,18,19,24,25). The van der Waals surface area contributed by atoms with Crippen LogP contribution in [0.25, 0.3) is 0 Å². The van der Waals surface area contributed by atoms with Crippen LogP contribution in [0.3, 0.4) is 0 Å². The van der Waals surface area contributed by atoms with Gasteiger partial charge in [0.2, 0.25) is 11.9 Å². The van der Waals surface area contributed by atoms with E-state index < -0.39 is 6.03 Å². The summed E-state index contributed by atoms with van der Waals surface area (Å²) in [6, 6.07) is -0.474. The fourth-order valence-corrected chi connectivity index (χ4v) is 4.11. The second-order valence-corrected chi connectivity index (χ2v) is 7.71. The van der Waals surface area contributed by atoms with Gasteiger partial charge >= 0.3 is 6.03 Å². The van der Waals surface area contributed by atoms with Crippen LogP contribution in [0.2, 0.25) is 0 Å². The van der Waals surface area contributed by atoms with Crippen molar-refractivity contribution in [3.63, 3.8) is 0 Å². The van der Waals surface area contributed by atoms with Gasteiger partial charge in [0.25, 0.3) is 0 Å². The number of nitrogens with one attached hydrogen (secondary N) is 2. The van der Waals surface area contributed by atoms with Crippen LogP contribution >= 0.6 is 11.8 Å². The quantitative estimate of drug-likeness (QED) is 0.672. The molecular formula is C17H28N6O3S. The van der Waals surface area contributed by atoms with Gasteiger partial charge < -0.3 is 15.0 Å². The molecule has 9 nitrogen and oxygen atoms in total. The van der Waals surface area contributed by atoms with Gasteiger partial charge in [0.05, 0.1) is 18.4 Å². The predicted octanol–water partition coefficient (Wildman–Crippen LogP) is 1.39. The Kier molecular flexibility index (Phi) is 7.33. The third kappa shape index (κ3) is 5.58. The summed E-state index contributed by atoms with van der Waals surface area (Å²) >= 11 is 1.30. The lowest BCUT2D eigenvalue weighted by atomic mass is 10.1. The molecule has 2 fully saturated rings. The highest BCUT2D eigenvalue weighted by Gasteiger charge is 2.25. The van der Waals surface area contributed by atoms with E-state index in [4.69, 9.17) is 4.74 Å². The van der Waals surface area contributed by atoms with Crippen molar-refractivity contribution in [2.24, 2.45) is 0 Å². The number of carbonyl (C=O) groups excluding carboxylic acids is 2. The molecule has 3 amide bonds. The molecule has 27 heavy (non-hydrogen) atoms. The van der Waals surface area contributed by atoms with Gasteiger partial charge in [0.15, 0.2) is 5.16 Å². The first-order valence-corrected chi connectivity index (χ1v) is 10.7. The van der Waals surface area contributed by atoms with Crippen LogP contribution in [0.4, 0.5) is 10.7 Å². The molecule has 2 aliphatic rings. The van der Waals surface area contributed by atoms with Crippen LogP contribution in [-0.4, -0.2) is 64.8 Å². The minimum absolute atomic E-state index is 0.112. The average molecular weight is 397 g/mol. The molecule has 2 N–H and O–H groups in total. The second kappa shape index (κ2) is 9.93. The number of aromatic nitrogens is 3. The van der Waals surface area contributed by atoms with Crippen LogP contribution in [0.15, 0.2) is 5.16 Å². The van der Waals surface area contributed by atoms with Crippen molar-refractivity contribution in [1.29, 1.82) is 0 Å². The molecule has 1 aromatic rings. The molecule has 0 aliphatic carbocycles. The number of hydrogen-bond acceptors (Lipinski definition) is 7. The Morgan fingerprint density at radius 2 is 2.04 bits per heavy atom. The minimum Gasteiger partial charge on any atom is -0.376 e. The van der Waals surface area contributed by atoms with Gasteiger partial charge in [-0.25, -0.2) is 4.79 Å². The van der Waals surface area contributed by atoms with Crippen molar-refractivity contribution in [2.45, 2.75) is 56.8 Å². The number of nitrogens with zero attached hydrogens (tertiary/aromatic N) is 4. The first-order chi connectivity index (χ1) is 13.2. The Morgan fingerprint density at radius 3 is 2.74 bits per heavy atom. The summed E-state index contributed by atoms with van der Waals surface area (Å²) in [5.41, 5.74) is 0. The molecule has 0 spiro atoms. The summed E-state index contributed by atoms with van der Waals surface area (Å²) in [5.74, 6) is 0.620. The summed E-state index contributed by atoms with van der Waals surface area (Å²) in [7, 11) is 0. The molecule has 1 unspecified atom stereocenters. The van der Waals surface area contributed by atoms with Crippen molar-refractivity contribution >= 4 is 29.6 Å². The van der Waals surface area contributed by atoms with Crippen molar-refractivity contribution < 1.29 is 14.3 Å². The number of rotatable bonds is 7. The van der Waals surface area contributed by atoms with Gasteiger partial charge in [0, 0.05) is 26.2 Å². The highest BCUT2D eigenvalue weighted by molar-refractivity contribution is 7.99. The predicted molar refractivity (Wildman–Crippen MR) is 103 cm³/mol. The summed E-state index contributed by atoms with van der Waals surface area (Å²) in [5, 5.41) is 14.3. The molecule has 1 atom stereocenters. The van der Waals surface area contributed by atoms with Crippen LogP contribution < -0.4 is 15.5 Å². The van der Waals surface area contributed by atoms with E-state index in [1.807, 2.05) is 0 Å². The van der Waals surface area contributed by atoms with Crippen LogP contribution in [0.1, 0.15) is 39.0 Å². The van der Waals surface area contributed by atoms with Crippen LogP contribution in [-0.2, 0) is 16.1 Å². The maximum atomic E-state index is 12.0. The van der Waals surface area contributed by atoms with E-state index in [9.17, 15) is 9.59 Å². The van der Waals surface area contributed by atoms with Gasteiger partial charge in [0.1, 0.15) is 0 Å². The smallest absolute Gasteiger partial charge is 0.321 e. The van der Waals surface area contributed by atoms with Crippen molar-refractivity contribution in [1.82, 2.24) is 25.4 Å². The first kappa shape index (κ1) is 19.9. The van der Waals surface area contributed by atoms with Crippen molar-refractivity contribution in [2.75, 3.05) is 36.9 Å². The molecule has 3 heterocycles. The largest absolute Gasteiger partial charge is 0.376 e. The second-order valence-electron chi connectivity index (χ2n) is 6.77. The molecule has 0 radical (unpaired) electrons. The molecule has 10 heteroatoms. The van der Waals surface area contributed by atoms with E-state index in [0.717, 1.165) is 51.3 Å². The molecule has 3 rings (SSSR count).